The Morgan fingerprint density at radius 3 is 2.56 bits per heavy atom. The Morgan fingerprint density at radius 2 is 1.94 bits per heavy atom. The summed E-state index contributed by atoms with van der Waals surface area (Å²) in [5.41, 5.74) is 1.26. The van der Waals surface area contributed by atoms with Crippen molar-refractivity contribution in [2.45, 2.75) is 13.3 Å². The SMILES string of the molecule is CNC1=CC=C(Oc2ccccc2)C(C)C1. The lowest BCUT2D eigenvalue weighted by Crippen LogP contribution is -2.16. The van der Waals surface area contributed by atoms with Crippen LogP contribution in [0, 0.1) is 5.92 Å². The van der Waals surface area contributed by atoms with E-state index in [9.17, 15) is 0 Å². The summed E-state index contributed by atoms with van der Waals surface area (Å²) in [6.45, 7) is 2.18. The van der Waals surface area contributed by atoms with Crippen molar-refractivity contribution in [2.75, 3.05) is 7.05 Å². The van der Waals surface area contributed by atoms with Gasteiger partial charge in [-0.15, -0.1) is 0 Å². The maximum absolute atomic E-state index is 5.85. The van der Waals surface area contributed by atoms with E-state index in [1.807, 2.05) is 43.5 Å². The summed E-state index contributed by atoms with van der Waals surface area (Å²) in [4.78, 5) is 0. The molecule has 0 fully saturated rings. The van der Waals surface area contributed by atoms with E-state index in [1.54, 1.807) is 0 Å². The Morgan fingerprint density at radius 1 is 1.19 bits per heavy atom. The molecule has 0 saturated carbocycles. The van der Waals surface area contributed by atoms with Gasteiger partial charge in [0.1, 0.15) is 11.5 Å². The monoisotopic (exact) mass is 215 g/mol. The van der Waals surface area contributed by atoms with E-state index in [4.69, 9.17) is 4.74 Å². The Bertz CT molecular complexity index is 406. The zero-order chi connectivity index (χ0) is 11.4. The first-order valence-electron chi connectivity index (χ1n) is 5.61. The van der Waals surface area contributed by atoms with Gasteiger partial charge < -0.3 is 10.1 Å². The minimum Gasteiger partial charge on any atom is -0.461 e. The highest BCUT2D eigenvalue weighted by molar-refractivity contribution is 5.28. The molecule has 0 saturated heterocycles. The average Bonchev–Trinajstić information content (AvgIpc) is 2.33. The maximum Gasteiger partial charge on any atom is 0.126 e. The molecule has 16 heavy (non-hydrogen) atoms. The Labute approximate surface area is 96.6 Å². The number of hydrogen-bond acceptors (Lipinski definition) is 2. The Hall–Kier alpha value is -1.70. The maximum atomic E-state index is 5.85. The van der Waals surface area contributed by atoms with Gasteiger partial charge in [-0.05, 0) is 30.7 Å². The number of nitrogens with one attached hydrogen (secondary N) is 1. The first-order valence-corrected chi connectivity index (χ1v) is 5.61. The van der Waals surface area contributed by atoms with Crippen LogP contribution in [0.15, 0.2) is 53.9 Å². The highest BCUT2D eigenvalue weighted by Crippen LogP contribution is 2.26. The van der Waals surface area contributed by atoms with E-state index < -0.39 is 0 Å². The van der Waals surface area contributed by atoms with Crippen LogP contribution in [0.4, 0.5) is 0 Å². The summed E-state index contributed by atoms with van der Waals surface area (Å²) < 4.78 is 5.85. The number of ether oxygens (including phenoxy) is 1. The van der Waals surface area contributed by atoms with Gasteiger partial charge in [-0.3, -0.25) is 0 Å². The quantitative estimate of drug-likeness (QED) is 0.836. The van der Waals surface area contributed by atoms with Crippen LogP contribution in [-0.2, 0) is 0 Å². The van der Waals surface area contributed by atoms with E-state index in [2.05, 4.69) is 18.3 Å². The number of allylic oxidation sites excluding steroid dienone is 4. The standard InChI is InChI=1S/C14H17NO/c1-11-10-12(15-2)8-9-14(11)16-13-6-4-3-5-7-13/h3-9,11,15H,10H2,1-2H3. The topological polar surface area (TPSA) is 21.3 Å². The second-order valence-electron chi connectivity index (χ2n) is 4.03. The van der Waals surface area contributed by atoms with Crippen LogP contribution in [0.2, 0.25) is 0 Å². The van der Waals surface area contributed by atoms with Crippen molar-refractivity contribution in [1.29, 1.82) is 0 Å². The minimum absolute atomic E-state index is 0.424. The molecule has 1 aromatic carbocycles. The van der Waals surface area contributed by atoms with E-state index >= 15 is 0 Å². The van der Waals surface area contributed by atoms with Crippen molar-refractivity contribution in [2.24, 2.45) is 5.92 Å². The summed E-state index contributed by atoms with van der Waals surface area (Å²) in [6.07, 6.45) is 5.14. The van der Waals surface area contributed by atoms with E-state index in [1.165, 1.54) is 5.70 Å². The van der Waals surface area contributed by atoms with Gasteiger partial charge in [-0.2, -0.15) is 0 Å². The predicted molar refractivity (Wildman–Crippen MR) is 66.1 cm³/mol. The van der Waals surface area contributed by atoms with Gasteiger partial charge in [0.25, 0.3) is 0 Å². The van der Waals surface area contributed by atoms with Crippen molar-refractivity contribution >= 4 is 0 Å². The highest BCUT2D eigenvalue weighted by atomic mass is 16.5. The second-order valence-corrected chi connectivity index (χ2v) is 4.03. The largest absolute Gasteiger partial charge is 0.461 e. The summed E-state index contributed by atoms with van der Waals surface area (Å²) in [5, 5.41) is 3.18. The van der Waals surface area contributed by atoms with Gasteiger partial charge in [-0.25, -0.2) is 0 Å². The van der Waals surface area contributed by atoms with E-state index in [-0.39, 0.29) is 0 Å². The average molecular weight is 215 g/mol. The van der Waals surface area contributed by atoms with Gasteiger partial charge >= 0.3 is 0 Å². The molecule has 0 aromatic heterocycles. The van der Waals surface area contributed by atoms with Gasteiger partial charge in [0.15, 0.2) is 0 Å². The molecular weight excluding hydrogens is 198 g/mol. The smallest absolute Gasteiger partial charge is 0.126 e. The third-order valence-electron chi connectivity index (χ3n) is 2.76. The fourth-order valence-corrected chi connectivity index (χ4v) is 1.79. The molecule has 0 bridgehead atoms. The lowest BCUT2D eigenvalue weighted by atomic mass is 9.98. The van der Waals surface area contributed by atoms with Gasteiger partial charge in [0.2, 0.25) is 0 Å². The van der Waals surface area contributed by atoms with Gasteiger partial charge in [-0.1, -0.05) is 25.1 Å². The number of benzene rings is 1. The normalized spacial score (nSPS) is 19.8. The lowest BCUT2D eigenvalue weighted by Gasteiger charge is -2.21. The summed E-state index contributed by atoms with van der Waals surface area (Å²) in [6, 6.07) is 9.91. The molecule has 1 aromatic rings. The van der Waals surface area contributed by atoms with E-state index in [0.717, 1.165) is 17.9 Å². The molecule has 0 heterocycles. The number of rotatable bonds is 3. The zero-order valence-corrected chi connectivity index (χ0v) is 9.73. The molecule has 1 aliphatic carbocycles. The van der Waals surface area contributed by atoms with Gasteiger partial charge in [0, 0.05) is 18.7 Å². The zero-order valence-electron chi connectivity index (χ0n) is 9.73. The lowest BCUT2D eigenvalue weighted by molar-refractivity contribution is 0.350. The number of para-hydroxylation sites is 1. The van der Waals surface area contributed by atoms with Crippen molar-refractivity contribution in [3.05, 3.63) is 53.9 Å². The fourth-order valence-electron chi connectivity index (χ4n) is 1.79. The van der Waals surface area contributed by atoms with Crippen LogP contribution in [0.5, 0.6) is 5.75 Å². The molecule has 1 unspecified atom stereocenters. The van der Waals surface area contributed by atoms with E-state index in [0.29, 0.717) is 5.92 Å². The molecule has 1 atom stereocenters. The molecule has 0 aliphatic heterocycles. The third kappa shape index (κ3) is 2.45. The molecule has 0 spiro atoms. The fraction of sp³-hybridized carbons (Fsp3) is 0.286. The molecule has 2 rings (SSSR count). The van der Waals surface area contributed by atoms with Crippen LogP contribution < -0.4 is 10.1 Å². The first-order chi connectivity index (χ1) is 7.79. The van der Waals surface area contributed by atoms with Crippen LogP contribution in [0.25, 0.3) is 0 Å². The molecule has 84 valence electrons. The van der Waals surface area contributed by atoms with Crippen molar-refractivity contribution in [1.82, 2.24) is 5.32 Å². The Kier molecular flexibility index (Phi) is 3.30. The number of hydrogen-bond donors (Lipinski definition) is 1. The van der Waals surface area contributed by atoms with Crippen molar-refractivity contribution in [3.63, 3.8) is 0 Å². The van der Waals surface area contributed by atoms with Crippen molar-refractivity contribution < 1.29 is 4.74 Å². The molecule has 1 N–H and O–H groups in total. The molecule has 1 aliphatic rings. The van der Waals surface area contributed by atoms with Crippen LogP contribution >= 0.6 is 0 Å². The summed E-state index contributed by atoms with van der Waals surface area (Å²) >= 11 is 0. The summed E-state index contributed by atoms with van der Waals surface area (Å²) in [7, 11) is 1.95. The Balaban J connectivity index is 2.11. The van der Waals surface area contributed by atoms with Crippen LogP contribution in [0.3, 0.4) is 0 Å². The first kappa shape index (κ1) is 10.8. The molecule has 0 radical (unpaired) electrons. The summed E-state index contributed by atoms with van der Waals surface area (Å²) in [5.74, 6) is 2.36. The second kappa shape index (κ2) is 4.88. The molecular formula is C14H17NO. The molecule has 2 nitrogen and oxygen atoms in total. The minimum atomic E-state index is 0.424. The highest BCUT2D eigenvalue weighted by Gasteiger charge is 2.16. The third-order valence-corrected chi connectivity index (χ3v) is 2.76. The van der Waals surface area contributed by atoms with Gasteiger partial charge in [0.05, 0.1) is 0 Å². The molecule has 2 heteroatoms. The van der Waals surface area contributed by atoms with Crippen LogP contribution in [-0.4, -0.2) is 7.05 Å². The molecule has 0 amide bonds. The predicted octanol–water partition coefficient (Wildman–Crippen LogP) is 3.09. The van der Waals surface area contributed by atoms with Crippen molar-refractivity contribution in [3.8, 4) is 5.75 Å². The van der Waals surface area contributed by atoms with Crippen LogP contribution in [0.1, 0.15) is 13.3 Å².